The largest absolute Gasteiger partial charge is 0.303 e. The van der Waals surface area contributed by atoms with Crippen LogP contribution in [0.25, 0.3) is 17.3 Å². The smallest absolute Gasteiger partial charge is 0.165 e. The molecule has 5 heteroatoms. The summed E-state index contributed by atoms with van der Waals surface area (Å²) in [5.74, 6) is 0.817. The standard InChI is InChI=1S/C27H30N4O/c1-18-16-31-17-25(29-27(31)15-28-18)24-14-22-6-5-20(13-21(22)7-8-26(24)32)19-9-11-30(12-10-19)23-3-2-4-23/h5-6,13-17,19,23H,2-4,7-12H2,1H3. The lowest BCUT2D eigenvalue weighted by atomic mass is 9.84. The van der Waals surface area contributed by atoms with Gasteiger partial charge in [0.05, 0.1) is 17.6 Å². The predicted octanol–water partition coefficient (Wildman–Crippen LogP) is 4.83. The van der Waals surface area contributed by atoms with Crippen LogP contribution in [0.1, 0.15) is 72.5 Å². The molecule has 0 spiro atoms. The van der Waals surface area contributed by atoms with E-state index < -0.39 is 0 Å². The maximum Gasteiger partial charge on any atom is 0.165 e. The monoisotopic (exact) mass is 426 g/mol. The van der Waals surface area contributed by atoms with Crippen molar-refractivity contribution in [2.24, 2.45) is 0 Å². The van der Waals surface area contributed by atoms with E-state index in [1.165, 1.54) is 56.3 Å². The molecule has 3 aromatic rings. The van der Waals surface area contributed by atoms with E-state index in [4.69, 9.17) is 0 Å². The number of Topliss-reactive ketones (excluding diaryl/α,β-unsaturated/α-hetero) is 1. The molecule has 32 heavy (non-hydrogen) atoms. The number of allylic oxidation sites excluding steroid dienone is 1. The van der Waals surface area contributed by atoms with Crippen LogP contribution in [-0.2, 0) is 11.2 Å². The Kier molecular flexibility index (Phi) is 4.94. The predicted molar refractivity (Wildman–Crippen MR) is 127 cm³/mol. The van der Waals surface area contributed by atoms with Crippen LogP contribution in [0.15, 0.2) is 36.8 Å². The number of rotatable bonds is 3. The highest BCUT2D eigenvalue weighted by Crippen LogP contribution is 2.35. The number of aromatic nitrogens is 3. The summed E-state index contributed by atoms with van der Waals surface area (Å²) in [5, 5.41) is 0. The van der Waals surface area contributed by atoms with E-state index in [9.17, 15) is 4.79 Å². The van der Waals surface area contributed by atoms with Crippen molar-refractivity contribution in [3.63, 3.8) is 0 Å². The molecule has 6 rings (SSSR count). The normalized spacial score (nSPS) is 20.7. The second-order valence-corrected chi connectivity index (χ2v) is 9.75. The Morgan fingerprint density at radius 2 is 1.88 bits per heavy atom. The molecule has 2 aliphatic carbocycles. The third-order valence-corrected chi connectivity index (χ3v) is 7.73. The third kappa shape index (κ3) is 3.58. The van der Waals surface area contributed by atoms with Crippen molar-refractivity contribution >= 4 is 23.1 Å². The van der Waals surface area contributed by atoms with Crippen molar-refractivity contribution in [2.75, 3.05) is 13.1 Å². The summed E-state index contributed by atoms with van der Waals surface area (Å²) in [7, 11) is 0. The minimum Gasteiger partial charge on any atom is -0.303 e. The Morgan fingerprint density at radius 3 is 2.66 bits per heavy atom. The highest BCUT2D eigenvalue weighted by Gasteiger charge is 2.29. The highest BCUT2D eigenvalue weighted by molar-refractivity contribution is 6.25. The van der Waals surface area contributed by atoms with Crippen molar-refractivity contribution in [1.82, 2.24) is 19.3 Å². The topological polar surface area (TPSA) is 50.5 Å². The third-order valence-electron chi connectivity index (χ3n) is 7.73. The number of aryl methyl sites for hydroxylation is 2. The van der Waals surface area contributed by atoms with Crippen LogP contribution in [0.4, 0.5) is 0 Å². The first-order valence-corrected chi connectivity index (χ1v) is 12.1. The van der Waals surface area contributed by atoms with E-state index in [0.29, 0.717) is 17.9 Å². The number of hydrogen-bond acceptors (Lipinski definition) is 4. The molecular formula is C27H30N4O. The molecule has 0 bridgehead atoms. The first-order valence-electron chi connectivity index (χ1n) is 12.1. The summed E-state index contributed by atoms with van der Waals surface area (Å²) in [5.41, 5.74) is 7.07. The van der Waals surface area contributed by atoms with Crippen LogP contribution < -0.4 is 0 Å². The van der Waals surface area contributed by atoms with Crippen molar-refractivity contribution in [1.29, 1.82) is 0 Å². The number of nitrogens with zero attached hydrogens (tertiary/aromatic N) is 4. The highest BCUT2D eigenvalue weighted by atomic mass is 16.1. The first kappa shape index (κ1) is 19.9. The van der Waals surface area contributed by atoms with E-state index in [1.54, 1.807) is 6.20 Å². The Bertz CT molecular complexity index is 1210. The van der Waals surface area contributed by atoms with E-state index in [-0.39, 0.29) is 5.78 Å². The zero-order valence-corrected chi connectivity index (χ0v) is 18.8. The first-order chi connectivity index (χ1) is 15.6. The minimum atomic E-state index is 0.171. The number of ketones is 1. The molecule has 1 saturated heterocycles. The van der Waals surface area contributed by atoms with Gasteiger partial charge in [-0.1, -0.05) is 24.6 Å². The van der Waals surface area contributed by atoms with Gasteiger partial charge in [-0.25, -0.2) is 4.98 Å². The molecule has 0 atom stereocenters. The van der Waals surface area contributed by atoms with Crippen molar-refractivity contribution in [3.8, 4) is 0 Å². The van der Waals surface area contributed by atoms with E-state index in [0.717, 1.165) is 35.1 Å². The molecule has 0 amide bonds. The second-order valence-electron chi connectivity index (χ2n) is 9.75. The fraction of sp³-hybridized carbons (Fsp3) is 0.444. The number of imidazole rings is 1. The minimum absolute atomic E-state index is 0.171. The summed E-state index contributed by atoms with van der Waals surface area (Å²) < 4.78 is 1.96. The van der Waals surface area contributed by atoms with Crippen molar-refractivity contribution in [3.05, 3.63) is 64.9 Å². The molecule has 0 unspecified atom stereocenters. The summed E-state index contributed by atoms with van der Waals surface area (Å²) in [6, 6.07) is 7.76. The molecule has 2 aromatic heterocycles. The lowest BCUT2D eigenvalue weighted by Crippen LogP contribution is -2.44. The van der Waals surface area contributed by atoms with Gasteiger partial charge in [0.2, 0.25) is 0 Å². The lowest BCUT2D eigenvalue weighted by Gasteiger charge is -2.42. The number of carbonyl (C=O) groups is 1. The van der Waals surface area contributed by atoms with Crippen LogP contribution in [0.2, 0.25) is 0 Å². The number of piperidine rings is 1. The van der Waals surface area contributed by atoms with Gasteiger partial charge in [-0.05, 0) is 80.8 Å². The Morgan fingerprint density at radius 1 is 1.03 bits per heavy atom. The molecule has 1 aliphatic heterocycles. The zero-order valence-electron chi connectivity index (χ0n) is 18.8. The van der Waals surface area contributed by atoms with Crippen LogP contribution in [0.3, 0.4) is 0 Å². The maximum absolute atomic E-state index is 13.0. The molecule has 3 aliphatic rings. The van der Waals surface area contributed by atoms with Gasteiger partial charge in [0.15, 0.2) is 11.4 Å². The molecule has 3 heterocycles. The van der Waals surface area contributed by atoms with Gasteiger partial charge in [-0.3, -0.25) is 9.78 Å². The van der Waals surface area contributed by atoms with Gasteiger partial charge in [-0.2, -0.15) is 0 Å². The van der Waals surface area contributed by atoms with Gasteiger partial charge in [0.1, 0.15) is 0 Å². The summed E-state index contributed by atoms with van der Waals surface area (Å²) >= 11 is 0. The van der Waals surface area contributed by atoms with E-state index in [2.05, 4.69) is 39.1 Å². The quantitative estimate of drug-likeness (QED) is 0.602. The molecule has 0 N–H and O–H groups in total. The molecule has 164 valence electrons. The second kappa shape index (κ2) is 7.96. The van der Waals surface area contributed by atoms with Gasteiger partial charge in [0.25, 0.3) is 0 Å². The van der Waals surface area contributed by atoms with Crippen LogP contribution >= 0.6 is 0 Å². The summed E-state index contributed by atoms with van der Waals surface area (Å²) in [6.07, 6.45) is 15.8. The number of likely N-dealkylation sites (tertiary alicyclic amines) is 1. The molecule has 5 nitrogen and oxygen atoms in total. The van der Waals surface area contributed by atoms with Crippen LogP contribution in [0, 0.1) is 6.92 Å². The van der Waals surface area contributed by atoms with Crippen molar-refractivity contribution in [2.45, 2.75) is 63.8 Å². The summed E-state index contributed by atoms with van der Waals surface area (Å²) in [6.45, 7) is 4.43. The van der Waals surface area contributed by atoms with Gasteiger partial charge in [0, 0.05) is 30.4 Å². The van der Waals surface area contributed by atoms with Crippen LogP contribution in [0.5, 0.6) is 0 Å². The average Bonchev–Trinajstić information content (AvgIpc) is 3.10. The molecule has 2 fully saturated rings. The van der Waals surface area contributed by atoms with E-state index >= 15 is 0 Å². The molecule has 1 saturated carbocycles. The Labute approximate surface area is 189 Å². The lowest BCUT2D eigenvalue weighted by molar-refractivity contribution is -0.113. The molecule has 0 radical (unpaired) electrons. The Hall–Kier alpha value is -2.79. The SMILES string of the molecule is Cc1cn2cc(C3=Cc4ccc(C5CCN(C6CCC6)CC5)cc4CCC3=O)nc2cn1. The van der Waals surface area contributed by atoms with Crippen LogP contribution in [-0.4, -0.2) is 44.2 Å². The maximum atomic E-state index is 13.0. The molecular weight excluding hydrogens is 396 g/mol. The fourth-order valence-electron chi connectivity index (χ4n) is 5.55. The van der Waals surface area contributed by atoms with E-state index in [1.807, 2.05) is 23.7 Å². The number of benzene rings is 1. The number of carbonyl (C=O) groups excluding carboxylic acids is 1. The summed E-state index contributed by atoms with van der Waals surface area (Å²) in [4.78, 5) is 24.7. The number of hydrogen-bond donors (Lipinski definition) is 0. The van der Waals surface area contributed by atoms with Crippen molar-refractivity contribution < 1.29 is 4.79 Å². The Balaban J connectivity index is 1.26. The van der Waals surface area contributed by atoms with Gasteiger partial charge < -0.3 is 9.30 Å². The fourth-order valence-corrected chi connectivity index (χ4v) is 5.55. The van der Waals surface area contributed by atoms with Gasteiger partial charge in [-0.15, -0.1) is 0 Å². The average molecular weight is 427 g/mol. The van der Waals surface area contributed by atoms with Gasteiger partial charge >= 0.3 is 0 Å². The zero-order chi connectivity index (χ0) is 21.7. The number of fused-ring (bicyclic) bond motifs is 2. The molecule has 1 aromatic carbocycles.